The standard InChI is InChI=1S/C26H31N5O10S/c1-26(2,3)41-25(33)28-16-22(19(13-14-29(34)35)15-21(28)24(27)32)31(40-17-18-9-5-4-6-10-18)42(38,39)23-12-8-7-11-20(23)30(36)37/h4-12,15,21-22H,13-14,16-17H2,1-3H3,(H2,27,32)/t21-,22-/m0/s1. The molecule has 0 saturated carbocycles. The van der Waals surface area contributed by atoms with Crippen molar-refractivity contribution in [2.45, 2.75) is 56.4 Å². The Labute approximate surface area is 241 Å². The van der Waals surface area contributed by atoms with Gasteiger partial charge in [0.15, 0.2) is 4.90 Å². The van der Waals surface area contributed by atoms with Crippen LogP contribution in [0.4, 0.5) is 10.5 Å². The number of nitro groups is 2. The van der Waals surface area contributed by atoms with E-state index in [1.165, 1.54) is 12.1 Å². The SMILES string of the molecule is CC(C)(C)OC(=O)N1C[C@H](N(OCc2ccccc2)S(=O)(=O)c2ccccc2[N+](=O)[O-])C(CC[N+](=O)[O-])=C[C@H]1C(N)=O. The normalized spacial score (nSPS) is 17.4. The first-order chi connectivity index (χ1) is 19.6. The van der Waals surface area contributed by atoms with Gasteiger partial charge >= 0.3 is 6.09 Å². The minimum Gasteiger partial charge on any atom is -0.444 e. The molecule has 0 bridgehead atoms. The number of carbonyl (C=O) groups is 2. The Bertz CT molecular complexity index is 1470. The fourth-order valence-corrected chi connectivity index (χ4v) is 5.78. The molecule has 1 heterocycles. The van der Waals surface area contributed by atoms with E-state index in [1.807, 2.05) is 0 Å². The third-order valence-electron chi connectivity index (χ3n) is 6.04. The summed E-state index contributed by atoms with van der Waals surface area (Å²) in [4.78, 5) is 53.1. The van der Waals surface area contributed by atoms with E-state index in [9.17, 15) is 38.2 Å². The largest absolute Gasteiger partial charge is 0.444 e. The van der Waals surface area contributed by atoms with Gasteiger partial charge in [-0.05, 0) is 38.0 Å². The highest BCUT2D eigenvalue weighted by Gasteiger charge is 2.45. The second-order valence-corrected chi connectivity index (χ2v) is 12.0. The monoisotopic (exact) mass is 605 g/mol. The number of nitrogens with two attached hydrogens (primary N) is 1. The van der Waals surface area contributed by atoms with Crippen LogP contribution in [0.25, 0.3) is 0 Å². The Kier molecular flexibility index (Phi) is 9.98. The summed E-state index contributed by atoms with van der Waals surface area (Å²) in [5, 5.41) is 23.0. The first-order valence-corrected chi connectivity index (χ1v) is 14.1. The second kappa shape index (κ2) is 13.1. The molecule has 1 aliphatic heterocycles. The number of nitro benzene ring substituents is 1. The van der Waals surface area contributed by atoms with Crippen LogP contribution in [0, 0.1) is 20.2 Å². The number of sulfonamides is 1. The van der Waals surface area contributed by atoms with Gasteiger partial charge in [0, 0.05) is 24.0 Å². The lowest BCUT2D eigenvalue weighted by molar-refractivity contribution is -0.479. The quantitative estimate of drug-likeness (QED) is 0.225. The Balaban J connectivity index is 2.20. The van der Waals surface area contributed by atoms with E-state index >= 15 is 0 Å². The summed E-state index contributed by atoms with van der Waals surface area (Å²) in [6.45, 7) is 3.19. The maximum atomic E-state index is 14.1. The van der Waals surface area contributed by atoms with Gasteiger partial charge in [0.25, 0.3) is 15.7 Å². The number of amides is 2. The topological polar surface area (TPSA) is 206 Å². The molecular formula is C26H31N5O10S. The van der Waals surface area contributed by atoms with E-state index in [0.29, 0.717) is 10.0 Å². The number of rotatable bonds is 11. The van der Waals surface area contributed by atoms with Crippen LogP contribution in [-0.2, 0) is 31.0 Å². The molecule has 42 heavy (non-hydrogen) atoms. The van der Waals surface area contributed by atoms with Gasteiger partial charge < -0.3 is 10.5 Å². The maximum Gasteiger partial charge on any atom is 0.411 e. The number of nitrogens with zero attached hydrogens (tertiary/aromatic N) is 4. The zero-order valence-electron chi connectivity index (χ0n) is 23.1. The molecule has 16 heteroatoms. The van der Waals surface area contributed by atoms with Gasteiger partial charge in [-0.1, -0.05) is 53.0 Å². The lowest BCUT2D eigenvalue weighted by Gasteiger charge is -2.41. The van der Waals surface area contributed by atoms with E-state index < -0.39 is 73.2 Å². The van der Waals surface area contributed by atoms with E-state index in [4.69, 9.17) is 15.3 Å². The Morgan fingerprint density at radius 1 is 1.07 bits per heavy atom. The van der Waals surface area contributed by atoms with E-state index in [-0.39, 0.29) is 18.6 Å². The van der Waals surface area contributed by atoms with Crippen molar-refractivity contribution in [3.63, 3.8) is 0 Å². The number of hydroxylamine groups is 1. The van der Waals surface area contributed by atoms with E-state index in [0.717, 1.165) is 23.1 Å². The first-order valence-electron chi connectivity index (χ1n) is 12.7. The Hall–Kier alpha value is -4.41. The number of carbonyl (C=O) groups excluding carboxylic acids is 2. The molecule has 0 unspecified atom stereocenters. The van der Waals surface area contributed by atoms with Crippen molar-refractivity contribution in [1.82, 2.24) is 9.37 Å². The van der Waals surface area contributed by atoms with Crippen LogP contribution in [0.1, 0.15) is 32.8 Å². The van der Waals surface area contributed by atoms with Crippen molar-refractivity contribution < 1.29 is 37.4 Å². The molecule has 226 valence electrons. The van der Waals surface area contributed by atoms with Crippen molar-refractivity contribution in [3.05, 3.63) is 92.0 Å². The average molecular weight is 606 g/mol. The molecule has 0 aliphatic carbocycles. The molecule has 0 spiro atoms. The van der Waals surface area contributed by atoms with Crippen LogP contribution in [0.3, 0.4) is 0 Å². The fourth-order valence-electron chi connectivity index (χ4n) is 4.20. The Morgan fingerprint density at radius 2 is 1.69 bits per heavy atom. The second-order valence-electron chi connectivity index (χ2n) is 10.3. The van der Waals surface area contributed by atoms with Gasteiger partial charge in [-0.15, -0.1) is 0 Å². The van der Waals surface area contributed by atoms with Crippen molar-refractivity contribution in [2.24, 2.45) is 5.73 Å². The fraction of sp³-hybridized carbons (Fsp3) is 0.385. The number of para-hydroxylation sites is 1. The third kappa shape index (κ3) is 7.86. The van der Waals surface area contributed by atoms with Crippen molar-refractivity contribution >= 4 is 27.7 Å². The molecule has 2 amide bonds. The lowest BCUT2D eigenvalue weighted by Crippen LogP contribution is -2.58. The smallest absolute Gasteiger partial charge is 0.411 e. The summed E-state index contributed by atoms with van der Waals surface area (Å²) in [5.74, 6) is -0.990. The lowest BCUT2D eigenvalue weighted by atomic mass is 9.95. The molecule has 0 fully saturated rings. The molecule has 2 aromatic rings. The van der Waals surface area contributed by atoms with Crippen molar-refractivity contribution in [2.75, 3.05) is 13.1 Å². The van der Waals surface area contributed by atoms with Crippen LogP contribution >= 0.6 is 0 Å². The molecule has 1 aliphatic rings. The number of hydrogen-bond acceptors (Lipinski definition) is 10. The summed E-state index contributed by atoms with van der Waals surface area (Å²) in [7, 11) is -4.88. The third-order valence-corrected chi connectivity index (χ3v) is 7.78. The van der Waals surface area contributed by atoms with Gasteiger partial charge in [0.1, 0.15) is 11.6 Å². The molecule has 3 rings (SSSR count). The first kappa shape index (κ1) is 32.1. The number of primary amides is 1. The van der Waals surface area contributed by atoms with Crippen LogP contribution in [0.5, 0.6) is 0 Å². The van der Waals surface area contributed by atoms with Gasteiger partial charge in [0.05, 0.1) is 17.6 Å². The van der Waals surface area contributed by atoms with Gasteiger partial charge in [-0.2, -0.15) is 0 Å². The molecule has 2 atom stereocenters. The highest BCUT2D eigenvalue weighted by atomic mass is 32.2. The number of benzene rings is 2. The molecule has 0 saturated heterocycles. The van der Waals surface area contributed by atoms with Crippen LogP contribution < -0.4 is 5.73 Å². The molecule has 2 N–H and O–H groups in total. The molecule has 15 nitrogen and oxygen atoms in total. The average Bonchev–Trinajstić information content (AvgIpc) is 2.91. The summed E-state index contributed by atoms with van der Waals surface area (Å²) in [6, 6.07) is 10.1. The summed E-state index contributed by atoms with van der Waals surface area (Å²) >= 11 is 0. The zero-order valence-corrected chi connectivity index (χ0v) is 23.9. The molecule has 2 aromatic carbocycles. The summed E-state index contributed by atoms with van der Waals surface area (Å²) in [6.07, 6.45) is -0.189. The van der Waals surface area contributed by atoms with E-state index in [2.05, 4.69) is 0 Å². The highest BCUT2D eigenvalue weighted by molar-refractivity contribution is 7.89. The molecule has 0 radical (unpaired) electrons. The van der Waals surface area contributed by atoms with Gasteiger partial charge in [-0.25, -0.2) is 13.2 Å². The minimum absolute atomic E-state index is 0.0468. The summed E-state index contributed by atoms with van der Waals surface area (Å²) in [5.41, 5.74) is 4.39. The maximum absolute atomic E-state index is 14.1. The predicted molar refractivity (Wildman–Crippen MR) is 148 cm³/mol. The minimum atomic E-state index is -4.88. The predicted octanol–water partition coefficient (Wildman–Crippen LogP) is 2.78. The van der Waals surface area contributed by atoms with Gasteiger partial charge in [0.2, 0.25) is 12.5 Å². The van der Waals surface area contributed by atoms with Gasteiger partial charge in [-0.3, -0.25) is 34.8 Å². The van der Waals surface area contributed by atoms with E-state index in [1.54, 1.807) is 51.1 Å². The highest BCUT2D eigenvalue weighted by Crippen LogP contribution is 2.33. The van der Waals surface area contributed by atoms with Crippen LogP contribution in [0.2, 0.25) is 0 Å². The van der Waals surface area contributed by atoms with Crippen molar-refractivity contribution in [1.29, 1.82) is 0 Å². The number of ether oxygens (including phenoxy) is 1. The zero-order chi connectivity index (χ0) is 31.2. The Morgan fingerprint density at radius 3 is 2.26 bits per heavy atom. The molecular weight excluding hydrogens is 574 g/mol. The molecule has 0 aromatic heterocycles. The van der Waals surface area contributed by atoms with Crippen molar-refractivity contribution in [3.8, 4) is 0 Å². The van der Waals surface area contributed by atoms with Crippen LogP contribution in [-0.4, -0.2) is 70.4 Å². The number of hydrogen-bond donors (Lipinski definition) is 1. The summed E-state index contributed by atoms with van der Waals surface area (Å²) < 4.78 is 34.1. The van der Waals surface area contributed by atoms with Crippen LogP contribution in [0.15, 0.2) is 71.1 Å².